The molecule has 0 unspecified atom stereocenters. The molecule has 17 heavy (non-hydrogen) atoms. The highest BCUT2D eigenvalue weighted by molar-refractivity contribution is 7.10. The monoisotopic (exact) mass is 252 g/mol. The maximum Gasteiger partial charge on any atom is 0.0468 e. The standard InChI is InChI=1S/C14H24N2S/c1-11(12-6-4-2-3-5-7-12)16-10-14-13(15)8-9-17-14/h8-9,11-12,16H,2-7,10,15H2,1H3/t11-/m0/s1. The zero-order valence-electron chi connectivity index (χ0n) is 10.7. The van der Waals surface area contributed by atoms with Gasteiger partial charge in [0.1, 0.15) is 0 Å². The van der Waals surface area contributed by atoms with E-state index in [1.807, 2.05) is 6.07 Å². The first-order valence-electron chi connectivity index (χ1n) is 6.82. The molecule has 1 fully saturated rings. The van der Waals surface area contributed by atoms with Crippen molar-refractivity contribution in [2.24, 2.45) is 5.92 Å². The second kappa shape index (κ2) is 6.41. The Morgan fingerprint density at radius 3 is 2.65 bits per heavy atom. The first-order chi connectivity index (χ1) is 8.27. The SMILES string of the molecule is C[C@H](NCc1sccc1N)C1CCCCCC1. The molecule has 0 aromatic carbocycles. The number of hydrogen-bond donors (Lipinski definition) is 2. The van der Waals surface area contributed by atoms with Gasteiger partial charge in [-0.25, -0.2) is 0 Å². The van der Waals surface area contributed by atoms with Crippen molar-refractivity contribution < 1.29 is 0 Å². The summed E-state index contributed by atoms with van der Waals surface area (Å²) >= 11 is 1.75. The number of anilines is 1. The van der Waals surface area contributed by atoms with E-state index >= 15 is 0 Å². The third-order valence-corrected chi connectivity index (χ3v) is 4.91. The summed E-state index contributed by atoms with van der Waals surface area (Å²) in [6, 6.07) is 2.62. The highest BCUT2D eigenvalue weighted by atomic mass is 32.1. The molecule has 96 valence electrons. The second-order valence-electron chi connectivity index (χ2n) is 5.22. The Morgan fingerprint density at radius 2 is 2.06 bits per heavy atom. The highest BCUT2D eigenvalue weighted by Crippen LogP contribution is 2.26. The molecule has 0 saturated heterocycles. The van der Waals surface area contributed by atoms with Gasteiger partial charge in [-0.1, -0.05) is 25.7 Å². The Morgan fingerprint density at radius 1 is 1.35 bits per heavy atom. The number of nitrogens with one attached hydrogen (secondary N) is 1. The van der Waals surface area contributed by atoms with Gasteiger partial charge in [0.25, 0.3) is 0 Å². The molecule has 3 N–H and O–H groups in total. The third kappa shape index (κ3) is 3.71. The van der Waals surface area contributed by atoms with Gasteiger partial charge in [0.15, 0.2) is 0 Å². The van der Waals surface area contributed by atoms with Crippen molar-refractivity contribution in [1.82, 2.24) is 5.32 Å². The van der Waals surface area contributed by atoms with E-state index in [2.05, 4.69) is 17.6 Å². The Balaban J connectivity index is 1.80. The molecule has 1 atom stereocenters. The summed E-state index contributed by atoms with van der Waals surface area (Å²) in [7, 11) is 0. The topological polar surface area (TPSA) is 38.0 Å². The minimum Gasteiger partial charge on any atom is -0.398 e. The van der Waals surface area contributed by atoms with Gasteiger partial charge >= 0.3 is 0 Å². The Kier molecular flexibility index (Phi) is 4.86. The van der Waals surface area contributed by atoms with E-state index in [0.717, 1.165) is 18.2 Å². The first-order valence-corrected chi connectivity index (χ1v) is 7.70. The van der Waals surface area contributed by atoms with Crippen LogP contribution < -0.4 is 11.1 Å². The predicted molar refractivity (Wildman–Crippen MR) is 76.2 cm³/mol. The van der Waals surface area contributed by atoms with Crippen molar-refractivity contribution in [3.05, 3.63) is 16.3 Å². The summed E-state index contributed by atoms with van der Waals surface area (Å²) in [5, 5.41) is 5.73. The predicted octanol–water partition coefficient (Wildman–Crippen LogP) is 3.78. The first kappa shape index (κ1) is 12.9. The van der Waals surface area contributed by atoms with Crippen LogP contribution in [0.1, 0.15) is 50.3 Å². The van der Waals surface area contributed by atoms with Gasteiger partial charge in [0.05, 0.1) is 0 Å². The molecule has 0 radical (unpaired) electrons. The number of hydrogen-bond acceptors (Lipinski definition) is 3. The largest absolute Gasteiger partial charge is 0.398 e. The van der Waals surface area contributed by atoms with Crippen molar-refractivity contribution in [3.63, 3.8) is 0 Å². The van der Waals surface area contributed by atoms with Gasteiger partial charge in [-0.05, 0) is 37.1 Å². The number of rotatable bonds is 4. The van der Waals surface area contributed by atoms with Crippen LogP contribution in [0.15, 0.2) is 11.4 Å². The highest BCUT2D eigenvalue weighted by Gasteiger charge is 2.18. The summed E-state index contributed by atoms with van der Waals surface area (Å²) in [6.45, 7) is 3.26. The molecule has 3 heteroatoms. The summed E-state index contributed by atoms with van der Waals surface area (Å²) < 4.78 is 0. The van der Waals surface area contributed by atoms with Crippen molar-refractivity contribution in [1.29, 1.82) is 0 Å². The van der Waals surface area contributed by atoms with Crippen LogP contribution in [0.2, 0.25) is 0 Å². The van der Waals surface area contributed by atoms with Crippen LogP contribution >= 0.6 is 11.3 Å². The molecule has 2 nitrogen and oxygen atoms in total. The summed E-state index contributed by atoms with van der Waals surface area (Å²) in [5.74, 6) is 0.860. The second-order valence-corrected chi connectivity index (χ2v) is 6.22. The molecule has 1 saturated carbocycles. The molecule has 1 heterocycles. The fourth-order valence-corrected chi connectivity index (χ4v) is 3.48. The van der Waals surface area contributed by atoms with Crippen LogP contribution in [0.25, 0.3) is 0 Å². The smallest absolute Gasteiger partial charge is 0.0468 e. The lowest BCUT2D eigenvalue weighted by Crippen LogP contribution is -2.32. The van der Waals surface area contributed by atoms with Gasteiger partial charge in [0, 0.05) is 23.2 Å². The maximum atomic E-state index is 5.90. The Labute approximate surface area is 109 Å². The summed E-state index contributed by atoms with van der Waals surface area (Å²) in [6.07, 6.45) is 8.49. The Bertz CT molecular complexity index is 327. The molecule has 2 rings (SSSR count). The van der Waals surface area contributed by atoms with E-state index in [1.54, 1.807) is 11.3 Å². The lowest BCUT2D eigenvalue weighted by molar-refractivity contribution is 0.337. The summed E-state index contributed by atoms with van der Waals surface area (Å²) in [4.78, 5) is 1.28. The van der Waals surface area contributed by atoms with Crippen molar-refractivity contribution in [2.75, 3.05) is 5.73 Å². The fourth-order valence-electron chi connectivity index (χ4n) is 2.73. The van der Waals surface area contributed by atoms with Crippen LogP contribution in [-0.2, 0) is 6.54 Å². The normalized spacial score (nSPS) is 20.1. The van der Waals surface area contributed by atoms with E-state index in [9.17, 15) is 0 Å². The minimum atomic E-state index is 0.620. The van der Waals surface area contributed by atoms with Gasteiger partial charge in [0.2, 0.25) is 0 Å². The van der Waals surface area contributed by atoms with Gasteiger partial charge in [-0.15, -0.1) is 11.3 Å². The van der Waals surface area contributed by atoms with Crippen molar-refractivity contribution in [2.45, 2.75) is 58.0 Å². The average molecular weight is 252 g/mol. The van der Waals surface area contributed by atoms with Crippen LogP contribution in [0.3, 0.4) is 0 Å². The average Bonchev–Trinajstić information content (AvgIpc) is 2.58. The van der Waals surface area contributed by atoms with Crippen LogP contribution in [0.4, 0.5) is 5.69 Å². The molecule has 1 aromatic heterocycles. The van der Waals surface area contributed by atoms with E-state index in [-0.39, 0.29) is 0 Å². The van der Waals surface area contributed by atoms with Crippen LogP contribution in [-0.4, -0.2) is 6.04 Å². The molecule has 1 aliphatic carbocycles. The molecular formula is C14H24N2S. The molecular weight excluding hydrogens is 228 g/mol. The number of nitrogens with two attached hydrogens (primary N) is 1. The van der Waals surface area contributed by atoms with Crippen molar-refractivity contribution in [3.8, 4) is 0 Å². The molecule has 1 aliphatic rings. The van der Waals surface area contributed by atoms with E-state index in [4.69, 9.17) is 5.73 Å². The van der Waals surface area contributed by atoms with Gasteiger partial charge in [-0.2, -0.15) is 0 Å². The number of nitrogen functional groups attached to an aromatic ring is 1. The zero-order valence-corrected chi connectivity index (χ0v) is 11.6. The molecule has 0 amide bonds. The fraction of sp³-hybridized carbons (Fsp3) is 0.714. The quantitative estimate of drug-likeness (QED) is 0.800. The zero-order chi connectivity index (χ0) is 12.1. The maximum absolute atomic E-state index is 5.90. The van der Waals surface area contributed by atoms with E-state index in [1.165, 1.54) is 43.4 Å². The van der Waals surface area contributed by atoms with E-state index in [0.29, 0.717) is 6.04 Å². The van der Waals surface area contributed by atoms with Crippen LogP contribution in [0.5, 0.6) is 0 Å². The van der Waals surface area contributed by atoms with Gasteiger partial charge in [-0.3, -0.25) is 0 Å². The van der Waals surface area contributed by atoms with E-state index < -0.39 is 0 Å². The third-order valence-electron chi connectivity index (χ3n) is 3.97. The Hall–Kier alpha value is -0.540. The lowest BCUT2D eigenvalue weighted by Gasteiger charge is -2.23. The number of thiophene rings is 1. The molecule has 1 aromatic rings. The van der Waals surface area contributed by atoms with Crippen LogP contribution in [0, 0.1) is 5.92 Å². The molecule has 0 spiro atoms. The molecule has 0 aliphatic heterocycles. The summed E-state index contributed by atoms with van der Waals surface area (Å²) in [5.41, 5.74) is 6.84. The minimum absolute atomic E-state index is 0.620. The molecule has 0 bridgehead atoms. The lowest BCUT2D eigenvalue weighted by atomic mass is 9.93. The van der Waals surface area contributed by atoms with Crippen molar-refractivity contribution >= 4 is 17.0 Å². The van der Waals surface area contributed by atoms with Gasteiger partial charge < -0.3 is 11.1 Å².